The van der Waals surface area contributed by atoms with Crippen LogP contribution in [0.1, 0.15) is 58.4 Å². The Bertz CT molecular complexity index is 652. The minimum Gasteiger partial charge on any atom is -0.464 e. The van der Waals surface area contributed by atoms with Gasteiger partial charge in [0.05, 0.1) is 6.61 Å². The molecular weight excluding hydrogens is 330 g/mol. The van der Waals surface area contributed by atoms with E-state index in [0.29, 0.717) is 6.61 Å². The van der Waals surface area contributed by atoms with Crippen LogP contribution < -0.4 is 0 Å². The first kappa shape index (κ1) is 18.7. The molecular formula is C21H29NO4. The zero-order valence-electron chi connectivity index (χ0n) is 16.1. The van der Waals surface area contributed by atoms with Crippen LogP contribution in [0.25, 0.3) is 0 Å². The molecule has 2 fully saturated rings. The number of amides is 1. The van der Waals surface area contributed by atoms with Crippen molar-refractivity contribution < 1.29 is 19.1 Å². The minimum absolute atomic E-state index is 0.0274. The van der Waals surface area contributed by atoms with E-state index in [0.717, 1.165) is 19.3 Å². The lowest BCUT2D eigenvalue weighted by Gasteiger charge is -2.35. The van der Waals surface area contributed by atoms with Gasteiger partial charge in [0.25, 0.3) is 0 Å². The van der Waals surface area contributed by atoms with Crippen molar-refractivity contribution in [3.05, 3.63) is 35.9 Å². The van der Waals surface area contributed by atoms with Crippen LogP contribution in [0.3, 0.4) is 0 Å². The third-order valence-corrected chi connectivity index (χ3v) is 5.32. The number of benzene rings is 1. The van der Waals surface area contributed by atoms with E-state index in [1.165, 1.54) is 5.56 Å². The Morgan fingerprint density at radius 2 is 1.85 bits per heavy atom. The van der Waals surface area contributed by atoms with Crippen LogP contribution in [0.2, 0.25) is 0 Å². The molecule has 1 aromatic carbocycles. The summed E-state index contributed by atoms with van der Waals surface area (Å²) >= 11 is 0. The number of ether oxygens (including phenoxy) is 2. The normalized spacial score (nSPS) is 27.9. The maximum atomic E-state index is 13.0. The lowest BCUT2D eigenvalue weighted by atomic mass is 9.77. The van der Waals surface area contributed by atoms with Crippen molar-refractivity contribution in [3.63, 3.8) is 0 Å². The molecule has 1 aliphatic heterocycles. The van der Waals surface area contributed by atoms with E-state index < -0.39 is 17.7 Å². The number of fused-ring (bicyclic) bond motifs is 2. The Kier molecular flexibility index (Phi) is 5.26. The summed E-state index contributed by atoms with van der Waals surface area (Å²) in [7, 11) is 0. The molecule has 1 aromatic rings. The summed E-state index contributed by atoms with van der Waals surface area (Å²) in [6, 6.07) is 9.69. The molecule has 2 aliphatic rings. The maximum absolute atomic E-state index is 13.0. The summed E-state index contributed by atoms with van der Waals surface area (Å²) in [5.41, 5.74) is 0.615. The Hall–Kier alpha value is -2.04. The average molecular weight is 359 g/mol. The summed E-state index contributed by atoms with van der Waals surface area (Å²) in [5, 5.41) is 0. The standard InChI is InChI=1S/C21H29NO4/c1-5-25-19(23)18-15-11-12-16(14-9-7-6-8-10-14)17(13-15)22(18)20(24)26-21(2,3)4/h6-10,15-18H,5,11-13H2,1-4H3/t15?,16-,17?,18-/m0/s1. The molecule has 2 bridgehead atoms. The predicted molar refractivity (Wildman–Crippen MR) is 98.8 cm³/mol. The first-order valence-corrected chi connectivity index (χ1v) is 9.54. The molecule has 4 atom stereocenters. The fourth-order valence-corrected chi connectivity index (χ4v) is 4.39. The van der Waals surface area contributed by atoms with Gasteiger partial charge < -0.3 is 9.47 Å². The monoisotopic (exact) mass is 359 g/mol. The van der Waals surface area contributed by atoms with E-state index in [1.807, 2.05) is 39.0 Å². The van der Waals surface area contributed by atoms with Gasteiger partial charge in [0.2, 0.25) is 0 Å². The molecule has 2 unspecified atom stereocenters. The van der Waals surface area contributed by atoms with Gasteiger partial charge in [-0.1, -0.05) is 30.3 Å². The van der Waals surface area contributed by atoms with Crippen LogP contribution in [0.15, 0.2) is 30.3 Å². The molecule has 0 radical (unpaired) electrons. The lowest BCUT2D eigenvalue weighted by Crippen LogP contribution is -2.49. The molecule has 0 spiro atoms. The molecule has 1 saturated carbocycles. The van der Waals surface area contributed by atoms with E-state index in [9.17, 15) is 9.59 Å². The topological polar surface area (TPSA) is 55.8 Å². The molecule has 5 nitrogen and oxygen atoms in total. The zero-order chi connectivity index (χ0) is 18.9. The van der Waals surface area contributed by atoms with Crippen molar-refractivity contribution in [2.24, 2.45) is 5.92 Å². The second-order valence-corrected chi connectivity index (χ2v) is 8.24. The molecule has 5 heteroatoms. The van der Waals surface area contributed by atoms with Gasteiger partial charge in [0, 0.05) is 12.0 Å². The predicted octanol–water partition coefficient (Wildman–Crippen LogP) is 4.12. The molecule has 26 heavy (non-hydrogen) atoms. The van der Waals surface area contributed by atoms with Crippen molar-refractivity contribution in [1.82, 2.24) is 4.90 Å². The van der Waals surface area contributed by atoms with E-state index in [2.05, 4.69) is 12.1 Å². The quantitative estimate of drug-likeness (QED) is 0.762. The summed E-state index contributed by atoms with van der Waals surface area (Å²) < 4.78 is 10.9. The highest BCUT2D eigenvalue weighted by Crippen LogP contribution is 2.48. The van der Waals surface area contributed by atoms with Gasteiger partial charge in [-0.25, -0.2) is 9.59 Å². The first-order valence-electron chi connectivity index (χ1n) is 9.54. The number of likely N-dealkylation sites (tertiary alicyclic amines) is 1. The number of carbonyl (C=O) groups excluding carboxylic acids is 2. The third-order valence-electron chi connectivity index (χ3n) is 5.32. The highest BCUT2D eigenvalue weighted by atomic mass is 16.6. The summed E-state index contributed by atoms with van der Waals surface area (Å²) in [4.78, 5) is 27.3. The van der Waals surface area contributed by atoms with Gasteiger partial charge in [-0.15, -0.1) is 0 Å². The molecule has 1 amide bonds. The van der Waals surface area contributed by atoms with E-state index in [4.69, 9.17) is 9.47 Å². The average Bonchev–Trinajstić information content (AvgIpc) is 2.87. The number of rotatable bonds is 3. The second-order valence-electron chi connectivity index (χ2n) is 8.24. The van der Waals surface area contributed by atoms with Crippen LogP contribution in [0.4, 0.5) is 4.79 Å². The smallest absolute Gasteiger partial charge is 0.411 e. The Morgan fingerprint density at radius 1 is 1.15 bits per heavy atom. The SMILES string of the molecule is CCOC(=O)[C@@H]1C2CC[C@@H](c3ccccc3)C(C2)N1C(=O)OC(C)(C)C. The number of carbonyl (C=O) groups is 2. The van der Waals surface area contributed by atoms with Gasteiger partial charge in [-0.2, -0.15) is 0 Å². The molecule has 3 rings (SSSR count). The second kappa shape index (κ2) is 7.29. The van der Waals surface area contributed by atoms with E-state index in [-0.39, 0.29) is 23.8 Å². The zero-order valence-corrected chi connectivity index (χ0v) is 16.1. The van der Waals surface area contributed by atoms with Crippen LogP contribution in [0, 0.1) is 5.92 Å². The maximum Gasteiger partial charge on any atom is 0.411 e. The largest absolute Gasteiger partial charge is 0.464 e. The van der Waals surface area contributed by atoms with Crippen LogP contribution in [-0.2, 0) is 14.3 Å². The molecule has 1 aliphatic carbocycles. The van der Waals surface area contributed by atoms with Gasteiger partial charge in [-0.3, -0.25) is 4.90 Å². The van der Waals surface area contributed by atoms with Crippen molar-refractivity contribution in [1.29, 1.82) is 0 Å². The fourth-order valence-electron chi connectivity index (χ4n) is 4.39. The van der Waals surface area contributed by atoms with Crippen LogP contribution >= 0.6 is 0 Å². The number of esters is 1. The van der Waals surface area contributed by atoms with E-state index in [1.54, 1.807) is 11.8 Å². The van der Waals surface area contributed by atoms with Gasteiger partial charge in [-0.05, 0) is 58.4 Å². The van der Waals surface area contributed by atoms with Crippen molar-refractivity contribution in [3.8, 4) is 0 Å². The van der Waals surface area contributed by atoms with Crippen LogP contribution in [0.5, 0.6) is 0 Å². The van der Waals surface area contributed by atoms with E-state index >= 15 is 0 Å². The van der Waals surface area contributed by atoms with Crippen molar-refractivity contribution in [2.45, 2.75) is 70.6 Å². The minimum atomic E-state index is -0.602. The fraction of sp³-hybridized carbons (Fsp3) is 0.619. The summed E-state index contributed by atoms with van der Waals surface area (Å²) in [6.07, 6.45) is 2.29. The van der Waals surface area contributed by atoms with Gasteiger partial charge in [0.15, 0.2) is 0 Å². The summed E-state index contributed by atoms with van der Waals surface area (Å²) in [5.74, 6) is 0.0606. The number of hydrogen-bond acceptors (Lipinski definition) is 4. The lowest BCUT2D eigenvalue weighted by molar-refractivity contribution is -0.149. The Morgan fingerprint density at radius 3 is 2.46 bits per heavy atom. The molecule has 0 N–H and O–H groups in total. The van der Waals surface area contributed by atoms with Crippen molar-refractivity contribution >= 4 is 12.1 Å². The first-order chi connectivity index (χ1) is 12.3. The highest BCUT2D eigenvalue weighted by molar-refractivity contribution is 5.83. The van der Waals surface area contributed by atoms with Gasteiger partial charge in [0.1, 0.15) is 11.6 Å². The Labute approximate surface area is 155 Å². The molecule has 142 valence electrons. The van der Waals surface area contributed by atoms with Crippen LogP contribution in [-0.4, -0.2) is 41.3 Å². The highest BCUT2D eigenvalue weighted by Gasteiger charge is 2.54. The third kappa shape index (κ3) is 3.71. The number of nitrogens with zero attached hydrogens (tertiary/aromatic N) is 1. The van der Waals surface area contributed by atoms with Crippen molar-refractivity contribution in [2.75, 3.05) is 6.61 Å². The Balaban J connectivity index is 1.93. The molecule has 1 heterocycles. The van der Waals surface area contributed by atoms with Gasteiger partial charge >= 0.3 is 12.1 Å². The summed E-state index contributed by atoms with van der Waals surface area (Å²) in [6.45, 7) is 7.66. The number of hydrogen-bond donors (Lipinski definition) is 0. The molecule has 1 saturated heterocycles. The molecule has 0 aromatic heterocycles.